The Bertz CT molecular complexity index is 535. The summed E-state index contributed by atoms with van der Waals surface area (Å²) < 4.78 is 42.2. The van der Waals surface area contributed by atoms with Gasteiger partial charge < -0.3 is 4.74 Å². The van der Waals surface area contributed by atoms with Crippen LogP contribution in [0.5, 0.6) is 5.75 Å². The SMILES string of the molecule is COc1cc(N=C=O)c([N+](=O)[O-])cc1C(F)(F)F. The average Bonchev–Trinajstić information content (AvgIpc) is 2.27. The summed E-state index contributed by atoms with van der Waals surface area (Å²) in [7, 11) is 0.963. The molecule has 18 heavy (non-hydrogen) atoms. The fourth-order valence-corrected chi connectivity index (χ4v) is 1.23. The zero-order valence-electron chi connectivity index (χ0n) is 8.82. The number of nitro benzene ring substituents is 1. The molecule has 96 valence electrons. The first kappa shape index (κ1) is 13.7. The number of hydrogen-bond donors (Lipinski definition) is 0. The van der Waals surface area contributed by atoms with Crippen LogP contribution in [0.3, 0.4) is 0 Å². The smallest absolute Gasteiger partial charge is 0.420 e. The van der Waals surface area contributed by atoms with Gasteiger partial charge in [0.1, 0.15) is 11.3 Å². The number of methoxy groups -OCH3 is 1. The molecule has 9 heteroatoms. The minimum absolute atomic E-state index is 0.259. The van der Waals surface area contributed by atoms with Gasteiger partial charge in [0.2, 0.25) is 6.08 Å². The van der Waals surface area contributed by atoms with Gasteiger partial charge in [0.25, 0.3) is 5.69 Å². The minimum atomic E-state index is -4.82. The van der Waals surface area contributed by atoms with Crippen molar-refractivity contribution >= 4 is 17.5 Å². The summed E-state index contributed by atoms with van der Waals surface area (Å²) in [6.45, 7) is 0. The Labute approximate surface area is 97.8 Å². The summed E-state index contributed by atoms with van der Waals surface area (Å²) in [6.07, 6.45) is -3.80. The Morgan fingerprint density at radius 1 is 1.44 bits per heavy atom. The van der Waals surface area contributed by atoms with Crippen molar-refractivity contribution in [3.63, 3.8) is 0 Å². The van der Waals surface area contributed by atoms with Crippen molar-refractivity contribution in [3.8, 4) is 5.75 Å². The van der Waals surface area contributed by atoms with Gasteiger partial charge in [-0.3, -0.25) is 10.1 Å². The molecule has 0 aliphatic rings. The first-order valence-electron chi connectivity index (χ1n) is 4.32. The van der Waals surface area contributed by atoms with E-state index in [0.29, 0.717) is 6.07 Å². The molecule has 0 heterocycles. The van der Waals surface area contributed by atoms with Crippen molar-refractivity contribution < 1.29 is 27.6 Å². The molecule has 0 N–H and O–H groups in total. The molecule has 6 nitrogen and oxygen atoms in total. The van der Waals surface area contributed by atoms with Gasteiger partial charge >= 0.3 is 6.18 Å². The highest BCUT2D eigenvalue weighted by Gasteiger charge is 2.37. The molecule has 0 atom stereocenters. The third-order valence-corrected chi connectivity index (χ3v) is 1.96. The lowest BCUT2D eigenvalue weighted by Gasteiger charge is -2.11. The number of ether oxygens (including phenoxy) is 1. The van der Waals surface area contributed by atoms with Gasteiger partial charge in [-0.1, -0.05) is 0 Å². The third kappa shape index (κ3) is 2.64. The van der Waals surface area contributed by atoms with Crippen molar-refractivity contribution in [2.24, 2.45) is 4.99 Å². The van der Waals surface area contributed by atoms with E-state index in [2.05, 4.69) is 9.73 Å². The highest BCUT2D eigenvalue weighted by Crippen LogP contribution is 2.42. The molecule has 1 aromatic rings. The first-order valence-corrected chi connectivity index (χ1v) is 4.32. The van der Waals surface area contributed by atoms with Crippen molar-refractivity contribution in [2.75, 3.05) is 7.11 Å². The molecule has 0 saturated heterocycles. The van der Waals surface area contributed by atoms with E-state index in [1.54, 1.807) is 0 Å². The lowest BCUT2D eigenvalue weighted by atomic mass is 10.1. The van der Waals surface area contributed by atoms with E-state index in [1.165, 1.54) is 0 Å². The summed E-state index contributed by atoms with van der Waals surface area (Å²) in [5.41, 5.74) is -2.83. The van der Waals surface area contributed by atoms with Gasteiger partial charge in [0, 0.05) is 12.1 Å². The van der Waals surface area contributed by atoms with Crippen LogP contribution in [0.2, 0.25) is 0 Å². The Balaban J connectivity index is 3.61. The van der Waals surface area contributed by atoms with E-state index in [9.17, 15) is 28.1 Å². The van der Waals surface area contributed by atoms with E-state index in [1.807, 2.05) is 0 Å². The van der Waals surface area contributed by atoms with Crippen molar-refractivity contribution in [2.45, 2.75) is 6.18 Å². The van der Waals surface area contributed by atoms with Crippen LogP contribution in [-0.4, -0.2) is 18.1 Å². The van der Waals surface area contributed by atoms with E-state index >= 15 is 0 Å². The zero-order chi connectivity index (χ0) is 13.9. The molecular formula is C9H5F3N2O4. The molecule has 0 aliphatic carbocycles. The maximum absolute atomic E-state index is 12.6. The fraction of sp³-hybridized carbons (Fsp3) is 0.222. The van der Waals surface area contributed by atoms with Gasteiger partial charge in [-0.15, -0.1) is 0 Å². The van der Waals surface area contributed by atoms with E-state index < -0.39 is 33.8 Å². The predicted octanol–water partition coefficient (Wildman–Crippen LogP) is 2.59. The van der Waals surface area contributed by atoms with Gasteiger partial charge in [0.05, 0.1) is 12.0 Å². The summed E-state index contributed by atoms with van der Waals surface area (Å²) in [4.78, 5) is 22.5. The molecule has 0 amide bonds. The predicted molar refractivity (Wildman–Crippen MR) is 52.4 cm³/mol. The van der Waals surface area contributed by atoms with Crippen molar-refractivity contribution in [1.29, 1.82) is 0 Å². The molecule has 0 fully saturated rings. The quantitative estimate of drug-likeness (QED) is 0.363. The lowest BCUT2D eigenvalue weighted by Crippen LogP contribution is -2.08. The van der Waals surface area contributed by atoms with Crippen LogP contribution >= 0.6 is 0 Å². The summed E-state index contributed by atoms with van der Waals surface area (Å²) in [5.74, 6) is -0.665. The Hall–Kier alpha value is -2.41. The maximum atomic E-state index is 12.6. The van der Waals surface area contributed by atoms with Crippen LogP contribution in [0.15, 0.2) is 17.1 Å². The molecule has 1 rings (SSSR count). The van der Waals surface area contributed by atoms with Gasteiger partial charge in [-0.2, -0.15) is 18.2 Å². The highest BCUT2D eigenvalue weighted by atomic mass is 19.4. The number of rotatable bonds is 3. The summed E-state index contributed by atoms with van der Waals surface area (Å²) in [5, 5.41) is 10.6. The molecule has 0 spiro atoms. The summed E-state index contributed by atoms with van der Waals surface area (Å²) >= 11 is 0. The number of nitrogens with zero attached hydrogens (tertiary/aromatic N) is 2. The number of carbonyl (C=O) groups excluding carboxylic acids is 1. The summed E-state index contributed by atoms with van der Waals surface area (Å²) in [6, 6.07) is 0.918. The Kier molecular flexibility index (Phi) is 3.67. The van der Waals surface area contributed by atoms with Crippen LogP contribution in [-0.2, 0) is 11.0 Å². The molecule has 0 bridgehead atoms. The molecule has 0 radical (unpaired) electrons. The topological polar surface area (TPSA) is 81.8 Å². The van der Waals surface area contributed by atoms with Gasteiger partial charge in [-0.25, -0.2) is 4.79 Å². The highest BCUT2D eigenvalue weighted by molar-refractivity contribution is 5.66. The number of alkyl halides is 3. The van der Waals surface area contributed by atoms with Crippen LogP contribution in [0.25, 0.3) is 0 Å². The van der Waals surface area contributed by atoms with Gasteiger partial charge in [-0.05, 0) is 0 Å². The van der Waals surface area contributed by atoms with Crippen LogP contribution < -0.4 is 4.74 Å². The largest absolute Gasteiger partial charge is 0.496 e. The monoisotopic (exact) mass is 262 g/mol. The second kappa shape index (κ2) is 4.84. The minimum Gasteiger partial charge on any atom is -0.496 e. The molecule has 0 aromatic heterocycles. The molecule has 0 aliphatic heterocycles. The maximum Gasteiger partial charge on any atom is 0.420 e. The number of isocyanates is 1. The van der Waals surface area contributed by atoms with Gasteiger partial charge in [0.15, 0.2) is 5.69 Å². The number of benzene rings is 1. The van der Waals surface area contributed by atoms with Crippen LogP contribution in [0, 0.1) is 10.1 Å². The van der Waals surface area contributed by atoms with Crippen molar-refractivity contribution in [3.05, 3.63) is 27.8 Å². The van der Waals surface area contributed by atoms with E-state index in [0.717, 1.165) is 13.2 Å². The molecule has 0 unspecified atom stereocenters. The molecular weight excluding hydrogens is 257 g/mol. The number of halogens is 3. The standard InChI is InChI=1S/C9H5F3N2O4/c1-18-8-3-6(13-4-15)7(14(16)17)2-5(8)9(10,11)12/h2-3H,1H3. The Morgan fingerprint density at radius 3 is 2.44 bits per heavy atom. The normalized spacial score (nSPS) is 10.7. The first-order chi connectivity index (χ1) is 8.31. The molecule has 1 aromatic carbocycles. The second-order valence-electron chi connectivity index (χ2n) is 3.00. The lowest BCUT2D eigenvalue weighted by molar-refractivity contribution is -0.384. The van der Waals surface area contributed by atoms with Crippen LogP contribution in [0.4, 0.5) is 24.5 Å². The van der Waals surface area contributed by atoms with E-state index in [4.69, 9.17) is 0 Å². The zero-order valence-corrected chi connectivity index (χ0v) is 8.82. The number of hydrogen-bond acceptors (Lipinski definition) is 5. The molecule has 0 saturated carbocycles. The number of aliphatic imine (C=N–C) groups is 1. The van der Waals surface area contributed by atoms with E-state index in [-0.39, 0.29) is 6.07 Å². The average molecular weight is 262 g/mol. The Morgan fingerprint density at radius 2 is 2.06 bits per heavy atom. The van der Waals surface area contributed by atoms with Crippen LogP contribution in [0.1, 0.15) is 5.56 Å². The third-order valence-electron chi connectivity index (χ3n) is 1.96. The fourth-order valence-electron chi connectivity index (χ4n) is 1.23. The second-order valence-corrected chi connectivity index (χ2v) is 3.00. The van der Waals surface area contributed by atoms with Crippen molar-refractivity contribution in [1.82, 2.24) is 0 Å². The number of nitro groups is 1.